The minimum absolute atomic E-state index is 0.410. The number of hydrogen-bond acceptors (Lipinski definition) is 3. The predicted octanol–water partition coefficient (Wildman–Crippen LogP) is 2.40. The van der Waals surface area contributed by atoms with Crippen LogP contribution in [0.1, 0.15) is 18.6 Å². The van der Waals surface area contributed by atoms with Crippen LogP contribution in [0.25, 0.3) is 0 Å². The summed E-state index contributed by atoms with van der Waals surface area (Å²) in [4.78, 5) is 10.9. The first-order chi connectivity index (χ1) is 8.13. The topological polar surface area (TPSA) is 46.5 Å². The van der Waals surface area contributed by atoms with Crippen molar-refractivity contribution in [2.75, 3.05) is 7.11 Å². The molecule has 3 nitrogen and oxygen atoms in total. The van der Waals surface area contributed by atoms with E-state index in [2.05, 4.69) is 4.74 Å². The number of ether oxygens (including phenoxy) is 1. The monoisotopic (exact) mass is 232 g/mol. The molecule has 0 aliphatic rings. The molecular formula is C14H16O3. The van der Waals surface area contributed by atoms with Gasteiger partial charge in [-0.1, -0.05) is 42.0 Å². The van der Waals surface area contributed by atoms with E-state index in [1.807, 2.05) is 37.3 Å². The highest BCUT2D eigenvalue weighted by Gasteiger charge is 2.02. The lowest BCUT2D eigenvalue weighted by molar-refractivity contribution is -0.134. The van der Waals surface area contributed by atoms with Gasteiger partial charge in [0.05, 0.1) is 13.2 Å². The average molecular weight is 232 g/mol. The third kappa shape index (κ3) is 4.66. The average Bonchev–Trinajstić information content (AvgIpc) is 2.36. The number of carbonyl (C=O) groups excluding carboxylic acids is 1. The van der Waals surface area contributed by atoms with Gasteiger partial charge in [0.1, 0.15) is 0 Å². The minimum atomic E-state index is -0.668. The maximum absolute atomic E-state index is 10.9. The Morgan fingerprint density at radius 2 is 1.94 bits per heavy atom. The first-order valence-electron chi connectivity index (χ1n) is 5.31. The Balaban J connectivity index is 2.69. The third-order valence-electron chi connectivity index (χ3n) is 2.25. The molecule has 0 amide bonds. The summed E-state index contributed by atoms with van der Waals surface area (Å²) in [6.45, 7) is 1.81. The molecule has 1 unspecified atom stereocenters. The summed E-state index contributed by atoms with van der Waals surface area (Å²) in [5.41, 5.74) is 1.62. The Kier molecular flexibility index (Phi) is 5.17. The maximum atomic E-state index is 10.9. The minimum Gasteiger partial charge on any atom is -0.466 e. The van der Waals surface area contributed by atoms with Crippen LogP contribution in [0.3, 0.4) is 0 Å². The molecule has 0 heterocycles. The van der Waals surface area contributed by atoms with Crippen LogP contribution in [-0.2, 0) is 9.53 Å². The zero-order valence-electron chi connectivity index (χ0n) is 9.96. The fourth-order valence-electron chi connectivity index (χ4n) is 1.32. The molecular weight excluding hydrogens is 216 g/mol. The number of hydrogen-bond donors (Lipinski definition) is 1. The number of allylic oxidation sites excluding steroid dienone is 2. The summed E-state index contributed by atoms with van der Waals surface area (Å²) in [6, 6.07) is 9.32. The van der Waals surface area contributed by atoms with Gasteiger partial charge in [0, 0.05) is 6.08 Å². The Labute approximate surface area is 101 Å². The van der Waals surface area contributed by atoms with Gasteiger partial charge in [-0.2, -0.15) is 0 Å². The van der Waals surface area contributed by atoms with Crippen LogP contribution in [0.4, 0.5) is 0 Å². The second kappa shape index (κ2) is 6.66. The highest BCUT2D eigenvalue weighted by atomic mass is 16.5. The van der Waals surface area contributed by atoms with E-state index < -0.39 is 12.1 Å². The zero-order chi connectivity index (χ0) is 12.7. The van der Waals surface area contributed by atoms with Gasteiger partial charge >= 0.3 is 5.97 Å². The van der Waals surface area contributed by atoms with Gasteiger partial charge in [0.2, 0.25) is 0 Å². The Bertz CT molecular complexity index is 418. The van der Waals surface area contributed by atoms with E-state index >= 15 is 0 Å². The van der Waals surface area contributed by atoms with Crippen molar-refractivity contribution >= 4 is 5.97 Å². The first-order valence-corrected chi connectivity index (χ1v) is 5.31. The molecule has 1 N–H and O–H groups in total. The molecule has 0 aliphatic heterocycles. The van der Waals surface area contributed by atoms with Crippen LogP contribution in [0.5, 0.6) is 0 Å². The predicted molar refractivity (Wildman–Crippen MR) is 66.3 cm³/mol. The van der Waals surface area contributed by atoms with Gasteiger partial charge in [-0.3, -0.25) is 0 Å². The largest absolute Gasteiger partial charge is 0.466 e. The number of aliphatic hydroxyl groups excluding tert-OH is 1. The van der Waals surface area contributed by atoms with Crippen LogP contribution in [-0.4, -0.2) is 18.2 Å². The lowest BCUT2D eigenvalue weighted by Crippen LogP contribution is -1.95. The van der Waals surface area contributed by atoms with E-state index in [-0.39, 0.29) is 0 Å². The molecule has 3 heteroatoms. The standard InChI is InChI=1S/C14H16O3/c1-11(8-9-14(16)17-2)10-13(15)12-6-4-3-5-7-12/h3-10,13,15H,1-2H3/b9-8+,11-10+. The molecule has 0 spiro atoms. The Morgan fingerprint density at radius 3 is 2.53 bits per heavy atom. The Morgan fingerprint density at radius 1 is 1.29 bits per heavy atom. The molecule has 90 valence electrons. The second-order valence-electron chi connectivity index (χ2n) is 3.62. The summed E-state index contributed by atoms with van der Waals surface area (Å²) in [5, 5.41) is 9.89. The maximum Gasteiger partial charge on any atom is 0.330 e. The molecule has 0 saturated carbocycles. The van der Waals surface area contributed by atoms with Gasteiger partial charge in [0.15, 0.2) is 0 Å². The smallest absolute Gasteiger partial charge is 0.330 e. The van der Waals surface area contributed by atoms with Crippen LogP contribution in [0.2, 0.25) is 0 Å². The SMILES string of the molecule is COC(=O)/C=C/C(C)=C/C(O)c1ccccc1. The number of methoxy groups -OCH3 is 1. The van der Waals surface area contributed by atoms with E-state index in [9.17, 15) is 9.90 Å². The molecule has 1 atom stereocenters. The van der Waals surface area contributed by atoms with Crippen molar-refractivity contribution in [3.8, 4) is 0 Å². The molecule has 0 bridgehead atoms. The lowest BCUT2D eigenvalue weighted by Gasteiger charge is -2.06. The van der Waals surface area contributed by atoms with E-state index in [1.54, 1.807) is 12.2 Å². The molecule has 0 aromatic heterocycles. The van der Waals surface area contributed by atoms with Crippen LogP contribution in [0, 0.1) is 0 Å². The number of benzene rings is 1. The lowest BCUT2D eigenvalue weighted by atomic mass is 10.1. The van der Waals surface area contributed by atoms with Gasteiger partial charge < -0.3 is 9.84 Å². The van der Waals surface area contributed by atoms with E-state index in [0.29, 0.717) is 0 Å². The van der Waals surface area contributed by atoms with Crippen molar-refractivity contribution in [2.45, 2.75) is 13.0 Å². The normalized spacial score (nSPS) is 13.7. The van der Waals surface area contributed by atoms with Crippen molar-refractivity contribution < 1.29 is 14.6 Å². The van der Waals surface area contributed by atoms with Crippen molar-refractivity contribution in [1.29, 1.82) is 0 Å². The van der Waals surface area contributed by atoms with Gasteiger partial charge in [-0.15, -0.1) is 0 Å². The van der Waals surface area contributed by atoms with Gasteiger partial charge in [-0.05, 0) is 18.6 Å². The van der Waals surface area contributed by atoms with E-state index in [1.165, 1.54) is 13.2 Å². The summed E-state index contributed by atoms with van der Waals surface area (Å²) in [6.07, 6.45) is 3.94. The number of rotatable bonds is 4. The molecule has 1 aromatic carbocycles. The fraction of sp³-hybridized carbons (Fsp3) is 0.214. The quantitative estimate of drug-likeness (QED) is 0.492. The molecule has 0 saturated heterocycles. The van der Waals surface area contributed by atoms with E-state index in [0.717, 1.165) is 11.1 Å². The van der Waals surface area contributed by atoms with Gasteiger partial charge in [-0.25, -0.2) is 4.79 Å². The highest BCUT2D eigenvalue weighted by Crippen LogP contribution is 2.15. The molecule has 1 aromatic rings. The van der Waals surface area contributed by atoms with E-state index in [4.69, 9.17) is 0 Å². The van der Waals surface area contributed by atoms with Crippen molar-refractivity contribution in [2.24, 2.45) is 0 Å². The van der Waals surface area contributed by atoms with Crippen molar-refractivity contribution in [3.63, 3.8) is 0 Å². The molecule has 0 aliphatic carbocycles. The van der Waals surface area contributed by atoms with Crippen LogP contribution >= 0.6 is 0 Å². The number of aliphatic hydroxyl groups is 1. The molecule has 0 fully saturated rings. The zero-order valence-corrected chi connectivity index (χ0v) is 9.96. The highest BCUT2D eigenvalue weighted by molar-refractivity contribution is 5.82. The molecule has 17 heavy (non-hydrogen) atoms. The first kappa shape index (κ1) is 13.2. The molecule has 0 radical (unpaired) electrons. The van der Waals surface area contributed by atoms with Crippen LogP contribution in [0.15, 0.2) is 54.1 Å². The number of esters is 1. The van der Waals surface area contributed by atoms with Crippen molar-refractivity contribution in [1.82, 2.24) is 0 Å². The third-order valence-corrected chi connectivity index (χ3v) is 2.25. The summed E-state index contributed by atoms with van der Waals surface area (Å²) in [5.74, 6) is -0.410. The summed E-state index contributed by atoms with van der Waals surface area (Å²) < 4.78 is 4.47. The molecule has 1 rings (SSSR count). The van der Waals surface area contributed by atoms with Gasteiger partial charge in [0.25, 0.3) is 0 Å². The number of carbonyl (C=O) groups is 1. The Hall–Kier alpha value is -1.87. The summed E-state index contributed by atoms with van der Waals surface area (Å²) >= 11 is 0. The van der Waals surface area contributed by atoms with Crippen LogP contribution < -0.4 is 0 Å². The summed E-state index contributed by atoms with van der Waals surface area (Å²) in [7, 11) is 1.32. The second-order valence-corrected chi connectivity index (χ2v) is 3.62. The van der Waals surface area contributed by atoms with Crippen molar-refractivity contribution in [3.05, 3.63) is 59.7 Å². The fourth-order valence-corrected chi connectivity index (χ4v) is 1.32.